The number of hydrogen-bond acceptors (Lipinski definition) is 2. The molecule has 0 spiro atoms. The van der Waals surface area contributed by atoms with Crippen molar-refractivity contribution < 1.29 is 0 Å². The fourth-order valence-corrected chi connectivity index (χ4v) is 2.41. The first-order chi connectivity index (χ1) is 7.77. The summed E-state index contributed by atoms with van der Waals surface area (Å²) in [6.07, 6.45) is 2.42. The summed E-state index contributed by atoms with van der Waals surface area (Å²) in [5.41, 5.74) is 1.40. The Morgan fingerprint density at radius 2 is 2.06 bits per heavy atom. The van der Waals surface area contributed by atoms with Gasteiger partial charge in [-0.25, -0.2) is 0 Å². The molecular weight excluding hydrogens is 214 g/mol. The first-order valence-corrected chi connectivity index (χ1v) is 7.22. The smallest absolute Gasteiger partial charge is 0.0292 e. The van der Waals surface area contributed by atoms with Crippen LogP contribution in [0.1, 0.15) is 45.2 Å². The first kappa shape index (κ1) is 13.6. The number of nitrogens with one attached hydrogen (secondary N) is 1. The quantitative estimate of drug-likeness (QED) is 0.712. The molecule has 1 unspecified atom stereocenters. The van der Waals surface area contributed by atoms with Crippen LogP contribution >= 0.6 is 11.8 Å². The van der Waals surface area contributed by atoms with Crippen molar-refractivity contribution in [3.63, 3.8) is 0 Å². The molecule has 0 aromatic heterocycles. The molecule has 90 valence electrons. The summed E-state index contributed by atoms with van der Waals surface area (Å²) in [6.45, 7) is 7.75. The van der Waals surface area contributed by atoms with Gasteiger partial charge >= 0.3 is 0 Å². The van der Waals surface area contributed by atoms with Crippen LogP contribution in [0.2, 0.25) is 0 Å². The summed E-state index contributed by atoms with van der Waals surface area (Å²) in [4.78, 5) is 1.39. The van der Waals surface area contributed by atoms with Crippen LogP contribution in [-0.4, -0.2) is 12.3 Å². The molecule has 16 heavy (non-hydrogen) atoms. The second-order valence-electron chi connectivity index (χ2n) is 4.10. The molecule has 1 atom stereocenters. The summed E-state index contributed by atoms with van der Waals surface area (Å²) < 4.78 is 0. The van der Waals surface area contributed by atoms with Crippen molar-refractivity contribution in [3.8, 4) is 0 Å². The van der Waals surface area contributed by atoms with Gasteiger partial charge in [0.1, 0.15) is 0 Å². The Morgan fingerprint density at radius 3 is 2.75 bits per heavy atom. The summed E-state index contributed by atoms with van der Waals surface area (Å²) in [5.74, 6) is 1.21. The molecule has 0 saturated carbocycles. The fraction of sp³-hybridized carbons (Fsp3) is 0.571. The van der Waals surface area contributed by atoms with E-state index in [9.17, 15) is 0 Å². The molecule has 1 aromatic carbocycles. The van der Waals surface area contributed by atoms with Crippen molar-refractivity contribution in [2.24, 2.45) is 0 Å². The van der Waals surface area contributed by atoms with Crippen LogP contribution in [0.5, 0.6) is 0 Å². The van der Waals surface area contributed by atoms with Crippen LogP contribution in [-0.2, 0) is 0 Å². The highest BCUT2D eigenvalue weighted by Gasteiger charge is 2.04. The predicted octanol–water partition coefficient (Wildman–Crippen LogP) is 4.25. The van der Waals surface area contributed by atoms with Crippen LogP contribution in [0.25, 0.3) is 0 Å². The Labute approximate surface area is 104 Å². The number of benzene rings is 1. The van der Waals surface area contributed by atoms with Crippen molar-refractivity contribution in [2.45, 2.75) is 44.6 Å². The molecule has 0 bridgehead atoms. The number of hydrogen-bond donors (Lipinski definition) is 1. The summed E-state index contributed by atoms with van der Waals surface area (Å²) >= 11 is 1.95. The minimum Gasteiger partial charge on any atom is -0.310 e. The van der Waals surface area contributed by atoms with E-state index in [0.717, 1.165) is 6.54 Å². The lowest BCUT2D eigenvalue weighted by atomic mass is 10.1. The van der Waals surface area contributed by atoms with Gasteiger partial charge in [0.05, 0.1) is 0 Å². The van der Waals surface area contributed by atoms with Gasteiger partial charge in [0.15, 0.2) is 0 Å². The van der Waals surface area contributed by atoms with E-state index in [1.807, 2.05) is 11.8 Å². The summed E-state index contributed by atoms with van der Waals surface area (Å²) in [6, 6.07) is 9.35. The molecular formula is C14H23NS. The Bertz CT molecular complexity index is 299. The first-order valence-electron chi connectivity index (χ1n) is 6.24. The van der Waals surface area contributed by atoms with Gasteiger partial charge in [-0.2, -0.15) is 0 Å². The van der Waals surface area contributed by atoms with Crippen molar-refractivity contribution in [3.05, 3.63) is 29.8 Å². The molecule has 0 aliphatic carbocycles. The number of rotatable bonds is 7. The van der Waals surface area contributed by atoms with Gasteiger partial charge in [0.25, 0.3) is 0 Å². The van der Waals surface area contributed by atoms with Gasteiger partial charge < -0.3 is 5.32 Å². The second kappa shape index (κ2) is 7.75. The van der Waals surface area contributed by atoms with Gasteiger partial charge in [-0.05, 0) is 49.8 Å². The molecule has 0 radical (unpaired) electrons. The minimum absolute atomic E-state index is 0.460. The molecule has 0 fully saturated rings. The summed E-state index contributed by atoms with van der Waals surface area (Å²) in [7, 11) is 0. The lowest BCUT2D eigenvalue weighted by Gasteiger charge is -2.14. The van der Waals surface area contributed by atoms with Crippen molar-refractivity contribution in [2.75, 3.05) is 12.3 Å². The molecule has 1 nitrogen and oxygen atoms in total. The van der Waals surface area contributed by atoms with Crippen LogP contribution in [0.4, 0.5) is 0 Å². The second-order valence-corrected chi connectivity index (χ2v) is 5.27. The zero-order valence-corrected chi connectivity index (χ0v) is 11.4. The van der Waals surface area contributed by atoms with Gasteiger partial charge in [-0.3, -0.25) is 0 Å². The average molecular weight is 237 g/mol. The van der Waals surface area contributed by atoms with Crippen molar-refractivity contribution >= 4 is 11.8 Å². The monoisotopic (exact) mass is 237 g/mol. The van der Waals surface area contributed by atoms with E-state index in [1.165, 1.54) is 29.1 Å². The Kier molecular flexibility index (Phi) is 6.58. The van der Waals surface area contributed by atoms with Crippen LogP contribution in [0, 0.1) is 0 Å². The lowest BCUT2D eigenvalue weighted by Crippen LogP contribution is -2.19. The highest BCUT2D eigenvalue weighted by Crippen LogP contribution is 2.22. The fourth-order valence-electron chi connectivity index (χ4n) is 1.57. The third-order valence-corrected chi connectivity index (χ3v) is 3.73. The molecule has 0 amide bonds. The number of thioether (sulfide) groups is 1. The third-order valence-electron chi connectivity index (χ3n) is 2.53. The van der Waals surface area contributed by atoms with Crippen molar-refractivity contribution in [1.29, 1.82) is 0 Å². The van der Waals surface area contributed by atoms with E-state index in [0.29, 0.717) is 6.04 Å². The standard InChI is InChI=1S/C14H23NS/c1-4-9-15-12(3)13-7-6-8-14(11-13)16-10-5-2/h6-8,11-12,15H,4-5,9-10H2,1-3H3. The highest BCUT2D eigenvalue weighted by molar-refractivity contribution is 7.99. The van der Waals surface area contributed by atoms with E-state index < -0.39 is 0 Å². The van der Waals surface area contributed by atoms with Crippen LogP contribution in [0.15, 0.2) is 29.2 Å². The Hall–Kier alpha value is -0.470. The van der Waals surface area contributed by atoms with Crippen molar-refractivity contribution in [1.82, 2.24) is 5.32 Å². The van der Waals surface area contributed by atoms with Gasteiger partial charge in [-0.1, -0.05) is 26.0 Å². The van der Waals surface area contributed by atoms with E-state index in [-0.39, 0.29) is 0 Å². The summed E-state index contributed by atoms with van der Waals surface area (Å²) in [5, 5.41) is 3.52. The molecule has 1 aromatic rings. The molecule has 1 rings (SSSR count). The SMILES string of the molecule is CCCNC(C)c1cccc(SCCC)c1. The molecule has 2 heteroatoms. The molecule has 0 saturated heterocycles. The molecule has 0 heterocycles. The molecule has 0 aliphatic rings. The van der Waals surface area contributed by atoms with Crippen LogP contribution < -0.4 is 5.32 Å². The van der Waals surface area contributed by atoms with E-state index in [1.54, 1.807) is 0 Å². The zero-order valence-electron chi connectivity index (χ0n) is 10.6. The Balaban J connectivity index is 2.58. The van der Waals surface area contributed by atoms with E-state index >= 15 is 0 Å². The predicted molar refractivity (Wildman–Crippen MR) is 74.2 cm³/mol. The Morgan fingerprint density at radius 1 is 1.25 bits per heavy atom. The van der Waals surface area contributed by atoms with E-state index in [4.69, 9.17) is 0 Å². The van der Waals surface area contributed by atoms with Gasteiger partial charge in [0.2, 0.25) is 0 Å². The van der Waals surface area contributed by atoms with Gasteiger partial charge in [0, 0.05) is 10.9 Å². The maximum absolute atomic E-state index is 3.52. The minimum atomic E-state index is 0.460. The van der Waals surface area contributed by atoms with Crippen LogP contribution in [0.3, 0.4) is 0 Å². The largest absolute Gasteiger partial charge is 0.310 e. The third kappa shape index (κ3) is 4.58. The lowest BCUT2D eigenvalue weighted by molar-refractivity contribution is 0.570. The normalized spacial score (nSPS) is 12.7. The maximum atomic E-state index is 3.52. The maximum Gasteiger partial charge on any atom is 0.0292 e. The average Bonchev–Trinajstić information content (AvgIpc) is 2.33. The zero-order chi connectivity index (χ0) is 11.8. The van der Waals surface area contributed by atoms with E-state index in [2.05, 4.69) is 50.4 Å². The van der Waals surface area contributed by atoms with Gasteiger partial charge in [-0.15, -0.1) is 11.8 Å². The molecule has 1 N–H and O–H groups in total. The topological polar surface area (TPSA) is 12.0 Å². The molecule has 0 aliphatic heterocycles. The highest BCUT2D eigenvalue weighted by atomic mass is 32.2.